The minimum Gasteiger partial charge on any atom is -0.493 e. The number of likely N-dealkylation sites (tertiary alicyclic amines) is 1. The molecule has 6 nitrogen and oxygen atoms in total. The first-order valence-corrected chi connectivity index (χ1v) is 9.74. The molecule has 0 atom stereocenters. The number of pyridine rings is 1. The fourth-order valence-corrected chi connectivity index (χ4v) is 3.66. The Hall–Kier alpha value is -2.54. The quantitative estimate of drug-likeness (QED) is 0.537. The summed E-state index contributed by atoms with van der Waals surface area (Å²) in [7, 11) is 3.09. The fourth-order valence-electron chi connectivity index (χ4n) is 2.93. The van der Waals surface area contributed by atoms with Gasteiger partial charge in [0.05, 0.1) is 30.6 Å². The summed E-state index contributed by atoms with van der Waals surface area (Å²) in [4.78, 5) is 30.9. The molecule has 1 aliphatic heterocycles. The summed E-state index contributed by atoms with van der Waals surface area (Å²) in [5, 5.41) is 0.710. The third-order valence-electron chi connectivity index (χ3n) is 4.43. The van der Waals surface area contributed by atoms with Gasteiger partial charge in [-0.05, 0) is 43.2 Å². The van der Waals surface area contributed by atoms with E-state index >= 15 is 0 Å². The normalized spacial score (nSPS) is 13.5. The van der Waals surface area contributed by atoms with Crippen LogP contribution in [-0.4, -0.2) is 54.6 Å². The maximum Gasteiger partial charge on any atom is 0.255 e. The second kappa shape index (κ2) is 8.90. The summed E-state index contributed by atoms with van der Waals surface area (Å²) < 4.78 is 10.4. The van der Waals surface area contributed by atoms with Gasteiger partial charge in [0, 0.05) is 24.8 Å². The lowest BCUT2D eigenvalue weighted by atomic mass is 10.1. The summed E-state index contributed by atoms with van der Waals surface area (Å²) in [6.07, 6.45) is 3.71. The first-order chi connectivity index (χ1) is 13.1. The number of rotatable bonds is 7. The number of ketones is 1. The minimum absolute atomic E-state index is 0.0259. The summed E-state index contributed by atoms with van der Waals surface area (Å²) in [6, 6.07) is 8.67. The molecule has 142 valence electrons. The number of benzene rings is 1. The molecule has 1 saturated heterocycles. The van der Waals surface area contributed by atoms with Gasteiger partial charge in [0.2, 0.25) is 0 Å². The maximum absolute atomic E-state index is 12.4. The number of ether oxygens (including phenoxy) is 2. The maximum atomic E-state index is 12.4. The predicted octanol–water partition coefficient (Wildman–Crippen LogP) is 3.31. The van der Waals surface area contributed by atoms with Crippen molar-refractivity contribution in [2.24, 2.45) is 0 Å². The molecule has 1 aromatic carbocycles. The van der Waals surface area contributed by atoms with Crippen molar-refractivity contribution >= 4 is 23.5 Å². The predicted molar refractivity (Wildman–Crippen MR) is 104 cm³/mol. The Morgan fingerprint density at radius 2 is 1.74 bits per heavy atom. The van der Waals surface area contributed by atoms with Gasteiger partial charge in [-0.25, -0.2) is 4.98 Å². The smallest absolute Gasteiger partial charge is 0.255 e. The first-order valence-electron chi connectivity index (χ1n) is 8.75. The SMILES string of the molecule is COc1ccc(C(=O)CSc2ccc(C(=O)N3CCCC3)cn2)cc1OC. The van der Waals surface area contributed by atoms with Crippen molar-refractivity contribution in [2.75, 3.05) is 33.1 Å². The topological polar surface area (TPSA) is 68.7 Å². The summed E-state index contributed by atoms with van der Waals surface area (Å²) >= 11 is 1.34. The molecule has 0 bridgehead atoms. The van der Waals surface area contributed by atoms with Crippen molar-refractivity contribution in [3.63, 3.8) is 0 Å². The lowest BCUT2D eigenvalue weighted by Gasteiger charge is -2.14. The number of hydrogen-bond acceptors (Lipinski definition) is 6. The average Bonchev–Trinajstić information content (AvgIpc) is 3.26. The fraction of sp³-hybridized carbons (Fsp3) is 0.350. The molecule has 0 unspecified atom stereocenters. The molecule has 1 aliphatic rings. The second-order valence-electron chi connectivity index (χ2n) is 6.17. The molecule has 7 heteroatoms. The van der Waals surface area contributed by atoms with Crippen molar-refractivity contribution in [2.45, 2.75) is 17.9 Å². The number of carbonyl (C=O) groups is 2. The van der Waals surface area contributed by atoms with Crippen LogP contribution in [0.4, 0.5) is 0 Å². The molecule has 0 aliphatic carbocycles. The van der Waals surface area contributed by atoms with Crippen molar-refractivity contribution in [3.8, 4) is 11.5 Å². The molecule has 0 saturated carbocycles. The van der Waals surface area contributed by atoms with E-state index in [9.17, 15) is 9.59 Å². The number of nitrogens with zero attached hydrogens (tertiary/aromatic N) is 2. The molecule has 0 N–H and O–H groups in total. The number of methoxy groups -OCH3 is 2. The molecule has 0 spiro atoms. The lowest BCUT2D eigenvalue weighted by Crippen LogP contribution is -2.27. The van der Waals surface area contributed by atoms with Crippen LogP contribution in [0.5, 0.6) is 11.5 Å². The molecule has 2 aromatic rings. The van der Waals surface area contributed by atoms with Crippen molar-refractivity contribution < 1.29 is 19.1 Å². The molecule has 0 radical (unpaired) electrons. The Kier molecular flexibility index (Phi) is 6.34. The number of aromatic nitrogens is 1. The van der Waals surface area contributed by atoms with Crippen molar-refractivity contribution in [3.05, 3.63) is 47.7 Å². The summed E-state index contributed by atoms with van der Waals surface area (Å²) in [5.74, 6) is 1.36. The molecule has 3 rings (SSSR count). The van der Waals surface area contributed by atoms with E-state index in [1.165, 1.54) is 18.9 Å². The van der Waals surface area contributed by atoms with Crippen LogP contribution in [0.2, 0.25) is 0 Å². The Morgan fingerprint density at radius 1 is 1.04 bits per heavy atom. The van der Waals surface area contributed by atoms with Crippen LogP contribution in [0.3, 0.4) is 0 Å². The van der Waals surface area contributed by atoms with Crippen LogP contribution < -0.4 is 9.47 Å². The Balaban J connectivity index is 1.59. The summed E-state index contributed by atoms with van der Waals surface area (Å²) in [5.41, 5.74) is 1.15. The Morgan fingerprint density at radius 3 is 2.37 bits per heavy atom. The van der Waals surface area contributed by atoms with Gasteiger partial charge in [0.1, 0.15) is 0 Å². The molecule has 1 amide bonds. The number of amides is 1. The molecule has 2 heterocycles. The van der Waals surface area contributed by atoms with Gasteiger partial charge in [-0.2, -0.15) is 0 Å². The average molecular weight is 386 g/mol. The largest absolute Gasteiger partial charge is 0.493 e. The number of thioether (sulfide) groups is 1. The Labute approximate surface area is 162 Å². The highest BCUT2D eigenvalue weighted by atomic mass is 32.2. The van der Waals surface area contributed by atoms with Crippen LogP contribution in [0.25, 0.3) is 0 Å². The van der Waals surface area contributed by atoms with Gasteiger partial charge in [0.25, 0.3) is 5.91 Å². The van der Waals surface area contributed by atoms with E-state index in [4.69, 9.17) is 9.47 Å². The lowest BCUT2D eigenvalue weighted by molar-refractivity contribution is 0.0792. The third kappa shape index (κ3) is 4.60. The van der Waals surface area contributed by atoms with Gasteiger partial charge in [-0.1, -0.05) is 11.8 Å². The molecule has 27 heavy (non-hydrogen) atoms. The van der Waals surface area contributed by atoms with E-state index in [0.29, 0.717) is 27.7 Å². The zero-order valence-corrected chi connectivity index (χ0v) is 16.3. The highest BCUT2D eigenvalue weighted by Crippen LogP contribution is 2.28. The van der Waals surface area contributed by atoms with Gasteiger partial charge in [-0.15, -0.1) is 0 Å². The zero-order chi connectivity index (χ0) is 19.2. The van der Waals surface area contributed by atoms with Crippen LogP contribution in [0.15, 0.2) is 41.6 Å². The van der Waals surface area contributed by atoms with Crippen LogP contribution >= 0.6 is 11.8 Å². The van der Waals surface area contributed by atoms with Crippen LogP contribution in [0, 0.1) is 0 Å². The highest BCUT2D eigenvalue weighted by molar-refractivity contribution is 7.99. The molecular weight excluding hydrogens is 364 g/mol. The molecule has 1 fully saturated rings. The number of Topliss-reactive ketones (excluding diaryl/α,β-unsaturated/α-hetero) is 1. The number of carbonyl (C=O) groups excluding carboxylic acids is 2. The monoisotopic (exact) mass is 386 g/mol. The standard InChI is InChI=1S/C20H22N2O4S/c1-25-17-7-5-14(11-18(17)26-2)16(23)13-27-19-8-6-15(12-21-19)20(24)22-9-3-4-10-22/h5-8,11-12H,3-4,9-10,13H2,1-2H3. The van der Waals surface area contributed by atoms with E-state index in [1.807, 2.05) is 4.90 Å². The van der Waals surface area contributed by atoms with Crippen molar-refractivity contribution in [1.82, 2.24) is 9.88 Å². The van der Waals surface area contributed by atoms with Crippen molar-refractivity contribution in [1.29, 1.82) is 0 Å². The van der Waals surface area contributed by atoms with Gasteiger partial charge >= 0.3 is 0 Å². The van der Waals surface area contributed by atoms with Gasteiger partial charge < -0.3 is 14.4 Å². The minimum atomic E-state index is -0.0278. The van der Waals surface area contributed by atoms with Gasteiger partial charge in [-0.3, -0.25) is 9.59 Å². The third-order valence-corrected chi connectivity index (χ3v) is 5.38. The van der Waals surface area contributed by atoms with E-state index in [2.05, 4.69) is 4.98 Å². The summed E-state index contributed by atoms with van der Waals surface area (Å²) in [6.45, 7) is 1.63. The van der Waals surface area contributed by atoms with E-state index < -0.39 is 0 Å². The van der Waals surface area contributed by atoms with Gasteiger partial charge in [0.15, 0.2) is 17.3 Å². The van der Waals surface area contributed by atoms with E-state index in [-0.39, 0.29) is 17.4 Å². The van der Waals surface area contributed by atoms with E-state index in [0.717, 1.165) is 25.9 Å². The molecule has 1 aromatic heterocycles. The van der Waals surface area contributed by atoms with E-state index in [1.54, 1.807) is 43.6 Å². The zero-order valence-electron chi connectivity index (χ0n) is 15.4. The van der Waals surface area contributed by atoms with Crippen LogP contribution in [0.1, 0.15) is 33.6 Å². The molecular formula is C20H22N2O4S. The first kappa shape index (κ1) is 19.2. The second-order valence-corrected chi connectivity index (χ2v) is 7.16. The highest BCUT2D eigenvalue weighted by Gasteiger charge is 2.19. The Bertz CT molecular complexity index is 817. The number of hydrogen-bond donors (Lipinski definition) is 0. The van der Waals surface area contributed by atoms with Crippen LogP contribution in [-0.2, 0) is 0 Å².